The molecule has 0 saturated carbocycles. The summed E-state index contributed by atoms with van der Waals surface area (Å²) in [5.74, 6) is 1.64. The molecule has 0 spiro atoms. The third kappa shape index (κ3) is 3.60. The van der Waals surface area contributed by atoms with E-state index in [2.05, 4.69) is 26.0 Å². The van der Waals surface area contributed by atoms with Crippen molar-refractivity contribution >= 4 is 11.0 Å². The molecule has 1 heterocycles. The number of rotatable bonds is 7. The van der Waals surface area contributed by atoms with Crippen LogP contribution in [0.5, 0.6) is 0 Å². The van der Waals surface area contributed by atoms with Crippen LogP contribution in [0, 0.1) is 5.92 Å². The average Bonchev–Trinajstić information content (AvgIpc) is 2.87. The number of nitrogens with two attached hydrogens (primary N) is 1. The molecule has 1 aromatic carbocycles. The van der Waals surface area contributed by atoms with Gasteiger partial charge < -0.3 is 10.2 Å². The average molecular weight is 259 g/mol. The minimum absolute atomic E-state index is 0.0224. The second-order valence-corrected chi connectivity index (χ2v) is 5.45. The molecule has 1 aromatic heterocycles. The first-order valence-corrected chi connectivity index (χ1v) is 7.48. The van der Waals surface area contributed by atoms with Crippen molar-refractivity contribution in [3.63, 3.8) is 0 Å². The maximum atomic E-state index is 6.31. The molecule has 0 aliphatic carbocycles. The Labute approximate surface area is 116 Å². The molecule has 0 amide bonds. The summed E-state index contributed by atoms with van der Waals surface area (Å²) < 4.78 is 5.85. The van der Waals surface area contributed by atoms with Gasteiger partial charge >= 0.3 is 0 Å². The van der Waals surface area contributed by atoms with Crippen LogP contribution in [0.3, 0.4) is 0 Å². The normalized spacial score (nSPS) is 14.7. The van der Waals surface area contributed by atoms with Crippen LogP contribution in [0.15, 0.2) is 34.7 Å². The Kier molecular flexibility index (Phi) is 5.03. The number of fused-ring (bicyclic) bond motifs is 1. The Morgan fingerprint density at radius 3 is 2.68 bits per heavy atom. The van der Waals surface area contributed by atoms with Crippen LogP contribution in [-0.2, 0) is 0 Å². The number of hydrogen-bond donors (Lipinski definition) is 1. The zero-order chi connectivity index (χ0) is 13.7. The van der Waals surface area contributed by atoms with Crippen molar-refractivity contribution < 1.29 is 4.42 Å². The van der Waals surface area contributed by atoms with E-state index in [1.54, 1.807) is 0 Å². The van der Waals surface area contributed by atoms with Crippen LogP contribution in [-0.4, -0.2) is 0 Å². The molecular weight excluding hydrogens is 234 g/mol. The van der Waals surface area contributed by atoms with E-state index < -0.39 is 0 Å². The molecule has 2 unspecified atom stereocenters. The number of unbranched alkanes of at least 4 members (excludes halogenated alkanes) is 1. The minimum atomic E-state index is 0.0224. The Hall–Kier alpha value is -1.28. The van der Waals surface area contributed by atoms with Gasteiger partial charge in [0, 0.05) is 5.39 Å². The van der Waals surface area contributed by atoms with E-state index in [4.69, 9.17) is 10.2 Å². The summed E-state index contributed by atoms with van der Waals surface area (Å²) in [6, 6.07) is 10.2. The predicted molar refractivity (Wildman–Crippen MR) is 81.1 cm³/mol. The van der Waals surface area contributed by atoms with E-state index in [0.29, 0.717) is 5.92 Å². The fraction of sp³-hybridized carbons (Fsp3) is 0.529. The van der Waals surface area contributed by atoms with E-state index in [-0.39, 0.29) is 6.04 Å². The van der Waals surface area contributed by atoms with Gasteiger partial charge in [0.2, 0.25) is 0 Å². The van der Waals surface area contributed by atoms with Gasteiger partial charge in [-0.1, -0.05) is 57.7 Å². The smallest absolute Gasteiger partial charge is 0.134 e. The molecule has 2 heteroatoms. The maximum absolute atomic E-state index is 6.31. The van der Waals surface area contributed by atoms with Gasteiger partial charge in [0.25, 0.3) is 0 Å². The lowest BCUT2D eigenvalue weighted by atomic mass is 9.91. The van der Waals surface area contributed by atoms with Crippen molar-refractivity contribution in [1.29, 1.82) is 0 Å². The number of benzene rings is 1. The molecule has 0 saturated heterocycles. The topological polar surface area (TPSA) is 39.2 Å². The van der Waals surface area contributed by atoms with Gasteiger partial charge in [-0.3, -0.25) is 0 Å². The van der Waals surface area contributed by atoms with Crippen LogP contribution in [0.25, 0.3) is 11.0 Å². The fourth-order valence-electron chi connectivity index (χ4n) is 2.64. The first-order valence-electron chi connectivity index (χ1n) is 7.48. The molecule has 0 aliphatic rings. The van der Waals surface area contributed by atoms with Gasteiger partial charge in [-0.15, -0.1) is 0 Å². The van der Waals surface area contributed by atoms with Crippen LogP contribution in [0.2, 0.25) is 0 Å². The second kappa shape index (κ2) is 6.76. The highest BCUT2D eigenvalue weighted by molar-refractivity contribution is 5.77. The van der Waals surface area contributed by atoms with Crippen molar-refractivity contribution in [3.8, 4) is 0 Å². The molecule has 0 radical (unpaired) electrons. The van der Waals surface area contributed by atoms with E-state index >= 15 is 0 Å². The highest BCUT2D eigenvalue weighted by Gasteiger charge is 2.16. The molecule has 104 valence electrons. The van der Waals surface area contributed by atoms with Gasteiger partial charge in [-0.2, -0.15) is 0 Å². The van der Waals surface area contributed by atoms with Gasteiger partial charge in [0.05, 0.1) is 6.04 Å². The number of para-hydroxylation sites is 1. The summed E-state index contributed by atoms with van der Waals surface area (Å²) in [7, 11) is 0. The summed E-state index contributed by atoms with van der Waals surface area (Å²) >= 11 is 0. The highest BCUT2D eigenvalue weighted by Crippen LogP contribution is 2.28. The zero-order valence-electron chi connectivity index (χ0n) is 12.1. The Bertz CT molecular complexity index is 470. The Morgan fingerprint density at radius 1 is 1.21 bits per heavy atom. The molecule has 2 N–H and O–H groups in total. The monoisotopic (exact) mass is 259 g/mol. The van der Waals surface area contributed by atoms with Crippen molar-refractivity contribution in [3.05, 3.63) is 36.1 Å². The molecule has 2 aromatic rings. The van der Waals surface area contributed by atoms with E-state index in [1.165, 1.54) is 25.7 Å². The van der Waals surface area contributed by atoms with Crippen LogP contribution in [0.4, 0.5) is 0 Å². The lowest BCUT2D eigenvalue weighted by Crippen LogP contribution is -2.14. The first kappa shape index (κ1) is 14.1. The summed E-state index contributed by atoms with van der Waals surface area (Å²) in [6.07, 6.45) is 6.06. The van der Waals surface area contributed by atoms with Crippen LogP contribution >= 0.6 is 0 Å². The van der Waals surface area contributed by atoms with Gasteiger partial charge in [-0.25, -0.2) is 0 Å². The maximum Gasteiger partial charge on any atom is 0.134 e. The molecule has 0 fully saturated rings. The molecule has 19 heavy (non-hydrogen) atoms. The fourth-order valence-corrected chi connectivity index (χ4v) is 2.64. The van der Waals surface area contributed by atoms with Crippen LogP contribution in [0.1, 0.15) is 57.8 Å². The van der Waals surface area contributed by atoms with E-state index in [1.807, 2.05) is 18.2 Å². The lowest BCUT2D eigenvalue weighted by molar-refractivity contribution is 0.361. The summed E-state index contributed by atoms with van der Waals surface area (Å²) in [4.78, 5) is 0. The third-order valence-electron chi connectivity index (χ3n) is 3.94. The molecule has 2 nitrogen and oxygen atoms in total. The first-order chi connectivity index (χ1) is 9.24. The van der Waals surface area contributed by atoms with E-state index in [0.717, 1.165) is 23.2 Å². The van der Waals surface area contributed by atoms with Gasteiger partial charge in [0.15, 0.2) is 0 Å². The van der Waals surface area contributed by atoms with Crippen molar-refractivity contribution in [2.45, 2.75) is 52.0 Å². The van der Waals surface area contributed by atoms with Gasteiger partial charge in [0.1, 0.15) is 11.3 Å². The molecule has 2 rings (SSSR count). The quantitative estimate of drug-likeness (QED) is 0.756. The minimum Gasteiger partial charge on any atom is -0.459 e. The molecular formula is C17H25NO. The SMILES string of the molecule is CCCCC(CC)CC(N)c1cc2ccccc2o1. The number of furan rings is 1. The summed E-state index contributed by atoms with van der Waals surface area (Å²) in [5.41, 5.74) is 7.25. The van der Waals surface area contributed by atoms with E-state index in [9.17, 15) is 0 Å². The largest absolute Gasteiger partial charge is 0.459 e. The summed E-state index contributed by atoms with van der Waals surface area (Å²) in [6.45, 7) is 4.50. The van der Waals surface area contributed by atoms with Gasteiger partial charge in [-0.05, 0) is 24.5 Å². The highest BCUT2D eigenvalue weighted by atomic mass is 16.3. The van der Waals surface area contributed by atoms with Crippen molar-refractivity contribution in [1.82, 2.24) is 0 Å². The van der Waals surface area contributed by atoms with Crippen LogP contribution < -0.4 is 5.73 Å². The number of hydrogen-bond acceptors (Lipinski definition) is 2. The molecule has 2 atom stereocenters. The van der Waals surface area contributed by atoms with Crippen molar-refractivity contribution in [2.75, 3.05) is 0 Å². The standard InChI is InChI=1S/C17H25NO/c1-3-5-8-13(4-2)11-15(18)17-12-14-9-6-7-10-16(14)19-17/h6-7,9-10,12-13,15H,3-5,8,11,18H2,1-2H3. The third-order valence-corrected chi connectivity index (χ3v) is 3.94. The Balaban J connectivity index is 2.03. The predicted octanol–water partition coefficient (Wildman–Crippen LogP) is 5.04. The summed E-state index contributed by atoms with van der Waals surface area (Å²) in [5, 5.41) is 1.15. The second-order valence-electron chi connectivity index (χ2n) is 5.45. The van der Waals surface area contributed by atoms with Crippen molar-refractivity contribution in [2.24, 2.45) is 11.7 Å². The lowest BCUT2D eigenvalue weighted by Gasteiger charge is -2.18. The molecule has 0 aliphatic heterocycles. The molecule has 0 bridgehead atoms. The Morgan fingerprint density at radius 2 is 2.00 bits per heavy atom. The zero-order valence-corrected chi connectivity index (χ0v) is 12.1.